The molecular weight excluding hydrogens is 438 g/mol. The predicted octanol–water partition coefficient (Wildman–Crippen LogP) is -1.25. The topological polar surface area (TPSA) is 186 Å². The number of hydrogen-bond acceptors (Lipinski definition) is 5. The van der Waals surface area contributed by atoms with Crippen molar-refractivity contribution in [2.75, 3.05) is 13.1 Å². The molecule has 1 aromatic carbocycles. The van der Waals surface area contributed by atoms with Gasteiger partial charge in [-0.2, -0.15) is 0 Å². The fourth-order valence-corrected chi connectivity index (χ4v) is 3.67. The maximum absolute atomic E-state index is 13.4. The van der Waals surface area contributed by atoms with Crippen molar-refractivity contribution in [2.24, 2.45) is 22.2 Å². The number of nitrogens with one attached hydrogen (secondary N) is 2. The first-order chi connectivity index (χ1) is 15.7. The largest absolute Gasteiger partial charge is 0.370 e. The second kappa shape index (κ2) is 12.4. The number of primary amides is 1. The SMILES string of the molecule is C[C@@H](NC(=O)[C@@H]1CCCN1[14C](=O)[14C@H]([14CH2][14CH2][14CH2]N=[14C](N)N)NC(=O)Cc1ccccc1)C(N)=O. The lowest BCUT2D eigenvalue weighted by atomic mass is 10.1. The molecule has 180 valence electrons. The first kappa shape index (κ1) is 25.6. The lowest BCUT2D eigenvalue weighted by molar-refractivity contribution is -0.142. The molecule has 2 rings (SSSR count). The van der Waals surface area contributed by atoms with E-state index < -0.39 is 29.9 Å². The van der Waals surface area contributed by atoms with Gasteiger partial charge >= 0.3 is 0 Å². The summed E-state index contributed by atoms with van der Waals surface area (Å²) in [4.78, 5) is 55.3. The Hall–Kier alpha value is -3.63. The average molecular weight is 472 g/mol. The van der Waals surface area contributed by atoms with E-state index in [1.807, 2.05) is 30.3 Å². The van der Waals surface area contributed by atoms with Crippen molar-refractivity contribution in [3.63, 3.8) is 0 Å². The second-order valence-electron chi connectivity index (χ2n) is 8.05. The molecule has 0 saturated carbocycles. The van der Waals surface area contributed by atoms with Crippen LogP contribution < -0.4 is 27.8 Å². The lowest BCUT2D eigenvalue weighted by Crippen LogP contribution is -2.55. The van der Waals surface area contributed by atoms with Gasteiger partial charge in [-0.3, -0.25) is 24.2 Å². The molecule has 1 fully saturated rings. The van der Waals surface area contributed by atoms with E-state index in [0.717, 1.165) is 5.56 Å². The fraction of sp³-hybridized carbons (Fsp3) is 0.500. The highest BCUT2D eigenvalue weighted by Gasteiger charge is 2.38. The van der Waals surface area contributed by atoms with Crippen LogP contribution in [0, 0.1) is 0 Å². The summed E-state index contributed by atoms with van der Waals surface area (Å²) in [5.74, 6) is -1.81. The summed E-state index contributed by atoms with van der Waals surface area (Å²) in [6.45, 7) is 2.17. The third-order valence-corrected chi connectivity index (χ3v) is 5.41. The van der Waals surface area contributed by atoms with Crippen molar-refractivity contribution >= 4 is 29.6 Å². The number of amides is 4. The molecule has 0 aromatic heterocycles. The van der Waals surface area contributed by atoms with Crippen molar-refractivity contribution in [1.82, 2.24) is 15.5 Å². The number of guanidine groups is 1. The van der Waals surface area contributed by atoms with Crippen molar-refractivity contribution in [3.8, 4) is 0 Å². The minimum Gasteiger partial charge on any atom is -0.370 e. The number of benzene rings is 1. The van der Waals surface area contributed by atoms with E-state index in [2.05, 4.69) is 15.6 Å². The Morgan fingerprint density at radius 1 is 1.30 bits per heavy atom. The monoisotopic (exact) mass is 471 g/mol. The van der Waals surface area contributed by atoms with Gasteiger partial charge in [0.25, 0.3) is 0 Å². The molecule has 1 heterocycles. The normalized spacial score (nSPS) is 17.0. The fourth-order valence-electron chi connectivity index (χ4n) is 3.67. The number of aliphatic imine (C=N–C) groups is 1. The van der Waals surface area contributed by atoms with Gasteiger partial charge in [0.15, 0.2) is 5.96 Å². The minimum atomic E-state index is -0.851. The molecule has 33 heavy (non-hydrogen) atoms. The number of nitrogens with zero attached hydrogens (tertiary/aromatic N) is 2. The molecule has 0 aliphatic carbocycles. The molecule has 1 aromatic rings. The smallest absolute Gasteiger partial charge is 0.245 e. The Kier molecular flexibility index (Phi) is 9.64. The quantitative estimate of drug-likeness (QED) is 0.152. The highest BCUT2D eigenvalue weighted by atomic mass is 16.4. The zero-order valence-corrected chi connectivity index (χ0v) is 18.8. The minimum absolute atomic E-state index is 0.0501. The van der Waals surface area contributed by atoms with E-state index in [1.165, 1.54) is 11.8 Å². The predicted molar refractivity (Wildman–Crippen MR) is 124 cm³/mol. The molecule has 0 unspecified atom stereocenters. The van der Waals surface area contributed by atoms with Crippen LogP contribution in [0.5, 0.6) is 0 Å². The molecule has 0 radical (unpaired) electrons. The van der Waals surface area contributed by atoms with Crippen LogP contribution in [0.1, 0.15) is 38.2 Å². The maximum atomic E-state index is 13.4. The summed E-state index contributed by atoms with van der Waals surface area (Å²) >= 11 is 0. The van der Waals surface area contributed by atoms with Gasteiger partial charge in [-0.1, -0.05) is 30.3 Å². The molecule has 0 bridgehead atoms. The second-order valence-corrected chi connectivity index (χ2v) is 8.05. The van der Waals surface area contributed by atoms with Gasteiger partial charge in [0.2, 0.25) is 23.6 Å². The molecular formula is C22H33N7O4. The van der Waals surface area contributed by atoms with Gasteiger partial charge in [0.05, 0.1) is 6.42 Å². The summed E-state index contributed by atoms with van der Waals surface area (Å²) in [6, 6.07) is 6.77. The van der Waals surface area contributed by atoms with E-state index in [1.54, 1.807) is 0 Å². The Morgan fingerprint density at radius 2 is 2.00 bits per heavy atom. The van der Waals surface area contributed by atoms with Crippen LogP contribution in [-0.4, -0.2) is 65.7 Å². The zero-order valence-electron chi connectivity index (χ0n) is 18.8. The first-order valence-electron chi connectivity index (χ1n) is 11.0. The molecule has 1 aliphatic rings. The molecule has 1 saturated heterocycles. The van der Waals surface area contributed by atoms with Crippen molar-refractivity contribution < 1.29 is 19.2 Å². The van der Waals surface area contributed by atoms with Crippen LogP contribution in [0.25, 0.3) is 0 Å². The highest BCUT2D eigenvalue weighted by Crippen LogP contribution is 2.20. The van der Waals surface area contributed by atoms with Crippen molar-refractivity contribution in [1.29, 1.82) is 0 Å². The number of likely N-dealkylation sites (tertiary alicyclic amines) is 1. The number of carbonyl (C=O) groups excluding carboxylic acids is 4. The zero-order chi connectivity index (χ0) is 24.4. The maximum Gasteiger partial charge on any atom is 0.245 e. The summed E-state index contributed by atoms with van der Waals surface area (Å²) in [5, 5.41) is 5.34. The lowest BCUT2D eigenvalue weighted by Gasteiger charge is -2.29. The van der Waals surface area contributed by atoms with Crippen LogP contribution in [0.3, 0.4) is 0 Å². The van der Waals surface area contributed by atoms with E-state index in [-0.39, 0.29) is 24.2 Å². The third-order valence-electron chi connectivity index (χ3n) is 5.41. The van der Waals surface area contributed by atoms with Crippen molar-refractivity contribution in [3.05, 3.63) is 35.9 Å². The Labute approximate surface area is 193 Å². The van der Waals surface area contributed by atoms with E-state index >= 15 is 0 Å². The molecule has 8 N–H and O–H groups in total. The number of rotatable bonds is 11. The van der Waals surface area contributed by atoms with Gasteiger partial charge in [0, 0.05) is 13.1 Å². The molecule has 3 atom stereocenters. The van der Waals surface area contributed by atoms with Crippen LogP contribution in [0.2, 0.25) is 0 Å². The Balaban J connectivity index is 2.09. The Bertz CT molecular complexity index is 871. The van der Waals surface area contributed by atoms with Gasteiger partial charge in [-0.25, -0.2) is 0 Å². The number of nitrogens with two attached hydrogens (primary N) is 3. The van der Waals surface area contributed by atoms with Crippen LogP contribution in [0.4, 0.5) is 0 Å². The van der Waals surface area contributed by atoms with E-state index in [4.69, 9.17) is 17.2 Å². The van der Waals surface area contributed by atoms with Gasteiger partial charge in [-0.15, -0.1) is 0 Å². The standard InChI is InChI=1S/C22H33N7O4/c1-14(19(23)31)27-20(32)17-10-6-12-29(17)21(33)16(9-5-11-26-22(24)25)28-18(30)13-15-7-3-2-4-8-15/h2-4,7-8,14,16-17H,5-6,9-13H2,1H3,(H2,23,31)(H,27,32)(H,28,30)(H4,24,25,26)/t14-,16+,17+/m1/s1/i5+2,9+2,11+2,16+2,21+2,22+2. The molecule has 0 spiro atoms. The third kappa shape index (κ3) is 8.09. The number of hydrogen-bond donors (Lipinski definition) is 5. The van der Waals surface area contributed by atoms with Gasteiger partial charge in [-0.05, 0) is 38.2 Å². The molecule has 4 amide bonds. The molecule has 11 heteroatoms. The summed E-state index contributed by atoms with van der Waals surface area (Å²) in [6.07, 6.45) is 1.98. The highest BCUT2D eigenvalue weighted by molar-refractivity contribution is 5.94. The molecule has 1 aliphatic heterocycles. The molecule has 11 nitrogen and oxygen atoms in total. The van der Waals surface area contributed by atoms with E-state index in [0.29, 0.717) is 38.8 Å². The van der Waals surface area contributed by atoms with Crippen LogP contribution >= 0.6 is 0 Å². The first-order valence-corrected chi connectivity index (χ1v) is 11.0. The van der Waals surface area contributed by atoms with Crippen LogP contribution in [0.15, 0.2) is 35.3 Å². The van der Waals surface area contributed by atoms with Crippen molar-refractivity contribution in [2.45, 2.75) is 57.2 Å². The average Bonchev–Trinajstić information content (AvgIpc) is 3.25. The van der Waals surface area contributed by atoms with Gasteiger partial charge in [0.1, 0.15) is 18.1 Å². The summed E-state index contributed by atoms with van der Waals surface area (Å²) in [5.41, 5.74) is 16.7. The summed E-state index contributed by atoms with van der Waals surface area (Å²) < 4.78 is 0. The van der Waals surface area contributed by atoms with E-state index in [9.17, 15) is 19.2 Å². The summed E-state index contributed by atoms with van der Waals surface area (Å²) in [7, 11) is 0. The Morgan fingerprint density at radius 3 is 2.64 bits per heavy atom. The van der Waals surface area contributed by atoms with Gasteiger partial charge < -0.3 is 32.7 Å². The number of carbonyl (C=O) groups is 4. The van der Waals surface area contributed by atoms with Crippen LogP contribution in [-0.2, 0) is 25.6 Å².